The van der Waals surface area contributed by atoms with E-state index in [4.69, 9.17) is 0 Å². The van der Waals surface area contributed by atoms with Crippen LogP contribution in [0.25, 0.3) is 22.3 Å². The molecule has 0 radical (unpaired) electrons. The van der Waals surface area contributed by atoms with E-state index in [1.54, 1.807) is 6.07 Å². The molecule has 3 rings (SSSR count). The van der Waals surface area contributed by atoms with Gasteiger partial charge in [-0.25, -0.2) is 19.2 Å². The smallest absolute Gasteiger partial charge is 0.337 e. The molecular formula is C22H14O8. The van der Waals surface area contributed by atoms with E-state index < -0.39 is 35.0 Å². The zero-order chi connectivity index (χ0) is 22.0. The molecule has 150 valence electrons. The van der Waals surface area contributed by atoms with Gasteiger partial charge in [0.25, 0.3) is 0 Å². The summed E-state index contributed by atoms with van der Waals surface area (Å²) in [6.45, 7) is 0. The number of carboxylic acid groups (broad SMARTS) is 4. The van der Waals surface area contributed by atoms with Gasteiger partial charge in [0.15, 0.2) is 0 Å². The lowest BCUT2D eigenvalue weighted by Crippen LogP contribution is -2.11. The number of rotatable bonds is 6. The summed E-state index contributed by atoms with van der Waals surface area (Å²) in [6, 6.07) is 13.6. The van der Waals surface area contributed by atoms with Gasteiger partial charge in [-0.3, -0.25) is 0 Å². The van der Waals surface area contributed by atoms with E-state index in [0.717, 1.165) is 6.07 Å². The minimum atomic E-state index is -1.51. The van der Waals surface area contributed by atoms with E-state index >= 15 is 0 Å². The molecule has 30 heavy (non-hydrogen) atoms. The Balaban J connectivity index is 2.43. The highest BCUT2D eigenvalue weighted by atomic mass is 16.4. The summed E-state index contributed by atoms with van der Waals surface area (Å²) in [7, 11) is 0. The lowest BCUT2D eigenvalue weighted by Gasteiger charge is -2.16. The second-order valence-corrected chi connectivity index (χ2v) is 6.29. The summed E-state index contributed by atoms with van der Waals surface area (Å²) >= 11 is 0. The number of aromatic carboxylic acids is 4. The van der Waals surface area contributed by atoms with E-state index in [2.05, 4.69) is 0 Å². The van der Waals surface area contributed by atoms with Crippen LogP contribution in [0.2, 0.25) is 0 Å². The quantitative estimate of drug-likeness (QED) is 0.483. The van der Waals surface area contributed by atoms with E-state index in [0.29, 0.717) is 5.56 Å². The molecule has 0 fully saturated rings. The number of hydrogen-bond acceptors (Lipinski definition) is 4. The predicted octanol–water partition coefficient (Wildman–Crippen LogP) is 3.81. The molecule has 0 saturated carbocycles. The SMILES string of the molecule is O=C(O)c1cccc(-c2ccc(C(=O)O)c(C(=O)O)c2-c2cccc(C(=O)O)c2)c1. The lowest BCUT2D eigenvalue weighted by molar-refractivity contribution is 0.0652. The van der Waals surface area contributed by atoms with Gasteiger partial charge in [0, 0.05) is 5.56 Å². The van der Waals surface area contributed by atoms with Gasteiger partial charge in [-0.15, -0.1) is 0 Å². The first-order valence-corrected chi connectivity index (χ1v) is 8.51. The van der Waals surface area contributed by atoms with Crippen LogP contribution in [0.4, 0.5) is 0 Å². The summed E-state index contributed by atoms with van der Waals surface area (Å²) < 4.78 is 0. The zero-order valence-corrected chi connectivity index (χ0v) is 15.2. The third kappa shape index (κ3) is 3.74. The van der Waals surface area contributed by atoms with E-state index in [9.17, 15) is 39.6 Å². The Labute approximate surface area is 169 Å². The molecule has 0 aromatic heterocycles. The molecule has 0 aliphatic heterocycles. The normalized spacial score (nSPS) is 10.4. The molecule has 0 spiro atoms. The van der Waals surface area contributed by atoms with Crippen LogP contribution < -0.4 is 0 Å². The van der Waals surface area contributed by atoms with Crippen LogP contribution in [-0.4, -0.2) is 44.3 Å². The molecule has 0 bridgehead atoms. The van der Waals surface area contributed by atoms with Crippen LogP contribution in [0, 0.1) is 0 Å². The summed E-state index contributed by atoms with van der Waals surface area (Å²) in [5.41, 5.74) is -0.418. The van der Waals surface area contributed by atoms with Gasteiger partial charge in [-0.05, 0) is 47.0 Å². The van der Waals surface area contributed by atoms with Crippen molar-refractivity contribution in [2.45, 2.75) is 0 Å². The van der Waals surface area contributed by atoms with Crippen LogP contribution in [-0.2, 0) is 0 Å². The molecule has 3 aromatic rings. The first-order chi connectivity index (χ1) is 14.2. The van der Waals surface area contributed by atoms with Crippen molar-refractivity contribution in [3.8, 4) is 22.3 Å². The van der Waals surface area contributed by atoms with Gasteiger partial charge in [0.1, 0.15) is 0 Å². The van der Waals surface area contributed by atoms with E-state index in [1.807, 2.05) is 0 Å². The Morgan fingerprint density at radius 2 is 1.10 bits per heavy atom. The largest absolute Gasteiger partial charge is 0.478 e. The second-order valence-electron chi connectivity index (χ2n) is 6.29. The Bertz CT molecular complexity index is 1210. The molecule has 0 aliphatic rings. The third-order valence-electron chi connectivity index (χ3n) is 4.47. The number of carbonyl (C=O) groups is 4. The summed E-state index contributed by atoms with van der Waals surface area (Å²) in [6.07, 6.45) is 0. The van der Waals surface area contributed by atoms with Crippen LogP contribution in [0.1, 0.15) is 41.4 Å². The standard InChI is InChI=1S/C22H14O8/c23-19(24)13-5-1-3-11(9-13)15-7-8-16(21(27)28)18(22(29)30)17(15)12-4-2-6-14(10-12)20(25)26/h1-10H,(H,23,24)(H,25,26)(H,27,28)(H,29,30). The highest BCUT2D eigenvalue weighted by Crippen LogP contribution is 2.37. The van der Waals surface area contributed by atoms with Crippen molar-refractivity contribution in [2.75, 3.05) is 0 Å². The maximum atomic E-state index is 12.0. The molecule has 0 amide bonds. The van der Waals surface area contributed by atoms with Gasteiger partial charge in [-0.2, -0.15) is 0 Å². The second kappa shape index (κ2) is 7.88. The molecule has 0 atom stereocenters. The van der Waals surface area contributed by atoms with Crippen LogP contribution in [0.5, 0.6) is 0 Å². The monoisotopic (exact) mass is 406 g/mol. The fraction of sp³-hybridized carbons (Fsp3) is 0. The fourth-order valence-electron chi connectivity index (χ4n) is 3.17. The molecule has 0 aliphatic carbocycles. The minimum Gasteiger partial charge on any atom is -0.478 e. The first kappa shape index (κ1) is 20.3. The average Bonchev–Trinajstić information content (AvgIpc) is 2.72. The van der Waals surface area contributed by atoms with Crippen molar-refractivity contribution < 1.29 is 39.6 Å². The van der Waals surface area contributed by atoms with E-state index in [1.165, 1.54) is 48.5 Å². The first-order valence-electron chi connectivity index (χ1n) is 8.51. The molecule has 0 saturated heterocycles. The van der Waals surface area contributed by atoms with Crippen LogP contribution >= 0.6 is 0 Å². The Morgan fingerprint density at radius 1 is 0.567 bits per heavy atom. The number of carboxylic acids is 4. The third-order valence-corrected chi connectivity index (χ3v) is 4.47. The number of hydrogen-bond donors (Lipinski definition) is 4. The van der Waals surface area contributed by atoms with Gasteiger partial charge in [0.2, 0.25) is 0 Å². The van der Waals surface area contributed by atoms with Gasteiger partial charge in [0.05, 0.1) is 22.3 Å². The van der Waals surface area contributed by atoms with Gasteiger partial charge >= 0.3 is 23.9 Å². The predicted molar refractivity (Wildman–Crippen MR) is 105 cm³/mol. The molecular weight excluding hydrogens is 392 g/mol. The zero-order valence-electron chi connectivity index (χ0n) is 15.2. The minimum absolute atomic E-state index is 0.0203. The molecule has 0 heterocycles. The summed E-state index contributed by atoms with van der Waals surface area (Å²) in [5.74, 6) is -5.40. The van der Waals surface area contributed by atoms with Gasteiger partial charge < -0.3 is 20.4 Å². The fourth-order valence-corrected chi connectivity index (χ4v) is 3.17. The van der Waals surface area contributed by atoms with Crippen LogP contribution in [0.15, 0.2) is 60.7 Å². The van der Waals surface area contributed by atoms with Crippen molar-refractivity contribution in [3.05, 3.63) is 82.9 Å². The van der Waals surface area contributed by atoms with Crippen molar-refractivity contribution in [1.82, 2.24) is 0 Å². The topological polar surface area (TPSA) is 149 Å². The lowest BCUT2D eigenvalue weighted by atomic mass is 9.86. The van der Waals surface area contributed by atoms with Crippen molar-refractivity contribution in [1.29, 1.82) is 0 Å². The van der Waals surface area contributed by atoms with Crippen LogP contribution in [0.3, 0.4) is 0 Å². The maximum Gasteiger partial charge on any atom is 0.337 e. The maximum absolute atomic E-state index is 12.0. The summed E-state index contributed by atoms with van der Waals surface area (Å²) in [5, 5.41) is 37.8. The Hall–Kier alpha value is -4.46. The number of benzene rings is 3. The van der Waals surface area contributed by atoms with E-state index in [-0.39, 0.29) is 27.8 Å². The Kier molecular flexibility index (Phi) is 5.33. The molecule has 3 aromatic carbocycles. The van der Waals surface area contributed by atoms with Crippen molar-refractivity contribution in [3.63, 3.8) is 0 Å². The molecule has 8 nitrogen and oxygen atoms in total. The average molecular weight is 406 g/mol. The summed E-state index contributed by atoms with van der Waals surface area (Å²) in [4.78, 5) is 46.4. The van der Waals surface area contributed by atoms with Crippen molar-refractivity contribution >= 4 is 23.9 Å². The highest BCUT2D eigenvalue weighted by molar-refractivity contribution is 6.10. The molecule has 4 N–H and O–H groups in total. The highest BCUT2D eigenvalue weighted by Gasteiger charge is 2.25. The van der Waals surface area contributed by atoms with Gasteiger partial charge in [-0.1, -0.05) is 30.3 Å². The molecule has 0 unspecified atom stereocenters. The Morgan fingerprint density at radius 3 is 1.60 bits per heavy atom. The molecule has 8 heteroatoms. The van der Waals surface area contributed by atoms with Crippen molar-refractivity contribution in [2.24, 2.45) is 0 Å².